The zero-order chi connectivity index (χ0) is 17.4. The van der Waals surface area contributed by atoms with Gasteiger partial charge in [0.05, 0.1) is 6.10 Å². The number of aliphatic hydroxyl groups is 1. The number of aliphatic hydroxyl groups excluding tert-OH is 1. The van der Waals surface area contributed by atoms with Crippen LogP contribution in [-0.2, 0) is 9.59 Å². The zero-order valence-electron chi connectivity index (χ0n) is 14.5. The molecule has 1 saturated carbocycles. The molecule has 0 radical (unpaired) electrons. The molecule has 5 nitrogen and oxygen atoms in total. The standard InChI is InChI=1S/C18H31NO4/c1-4-6-7-8-14-13(9-10-15(14)20)11-16(21)19-17(18(22)23)12(3)5-2/h6-7,12-15,17,20H,4-5,8-11H2,1-3H3,(H,19,21)(H,22,23)/b7-6+. The smallest absolute Gasteiger partial charge is 0.326 e. The summed E-state index contributed by atoms with van der Waals surface area (Å²) in [7, 11) is 0. The van der Waals surface area contributed by atoms with Crippen LogP contribution in [0.1, 0.15) is 59.3 Å². The minimum Gasteiger partial charge on any atom is -0.480 e. The summed E-state index contributed by atoms with van der Waals surface area (Å²) in [5.74, 6) is -1.09. The third-order valence-corrected chi connectivity index (χ3v) is 4.99. The number of nitrogens with one attached hydrogen (secondary N) is 1. The van der Waals surface area contributed by atoms with E-state index in [1.165, 1.54) is 0 Å². The van der Waals surface area contributed by atoms with Gasteiger partial charge in [0.2, 0.25) is 5.91 Å². The molecule has 1 fully saturated rings. The van der Waals surface area contributed by atoms with Crippen molar-refractivity contribution in [2.24, 2.45) is 17.8 Å². The van der Waals surface area contributed by atoms with Crippen molar-refractivity contribution < 1.29 is 19.8 Å². The first kappa shape index (κ1) is 19.7. The van der Waals surface area contributed by atoms with Crippen molar-refractivity contribution in [2.75, 3.05) is 0 Å². The Balaban J connectivity index is 2.60. The minimum atomic E-state index is -0.985. The summed E-state index contributed by atoms with van der Waals surface area (Å²) in [5, 5.41) is 22.0. The maximum atomic E-state index is 12.2. The van der Waals surface area contributed by atoms with Crippen molar-refractivity contribution in [3.05, 3.63) is 12.2 Å². The van der Waals surface area contributed by atoms with Gasteiger partial charge in [-0.1, -0.05) is 39.3 Å². The van der Waals surface area contributed by atoms with Crippen LogP contribution in [0.4, 0.5) is 0 Å². The van der Waals surface area contributed by atoms with Gasteiger partial charge in [-0.15, -0.1) is 0 Å². The molecule has 3 N–H and O–H groups in total. The second kappa shape index (κ2) is 9.71. The van der Waals surface area contributed by atoms with Gasteiger partial charge in [-0.2, -0.15) is 0 Å². The molecule has 0 spiro atoms. The second-order valence-electron chi connectivity index (χ2n) is 6.66. The first-order valence-electron chi connectivity index (χ1n) is 8.75. The van der Waals surface area contributed by atoms with Crippen molar-refractivity contribution in [3.63, 3.8) is 0 Å². The largest absolute Gasteiger partial charge is 0.480 e. The molecule has 5 heteroatoms. The summed E-state index contributed by atoms with van der Waals surface area (Å²) in [6, 6.07) is -0.836. The quantitative estimate of drug-likeness (QED) is 0.569. The second-order valence-corrected chi connectivity index (χ2v) is 6.66. The van der Waals surface area contributed by atoms with E-state index in [1.807, 2.05) is 13.8 Å². The van der Waals surface area contributed by atoms with E-state index in [2.05, 4.69) is 24.4 Å². The summed E-state index contributed by atoms with van der Waals surface area (Å²) in [6.45, 7) is 5.81. The highest BCUT2D eigenvalue weighted by atomic mass is 16.4. The molecule has 0 aliphatic heterocycles. The van der Waals surface area contributed by atoms with E-state index in [9.17, 15) is 19.8 Å². The van der Waals surface area contributed by atoms with E-state index in [-0.39, 0.29) is 29.8 Å². The normalized spacial score (nSPS) is 27.0. The maximum absolute atomic E-state index is 12.2. The first-order valence-corrected chi connectivity index (χ1v) is 8.75. The van der Waals surface area contributed by atoms with Gasteiger partial charge in [0.1, 0.15) is 6.04 Å². The summed E-state index contributed by atoms with van der Waals surface area (Å²) < 4.78 is 0. The molecular weight excluding hydrogens is 294 g/mol. The van der Waals surface area contributed by atoms with Crippen molar-refractivity contribution >= 4 is 11.9 Å². The number of carboxylic acid groups (broad SMARTS) is 1. The zero-order valence-corrected chi connectivity index (χ0v) is 14.5. The lowest BCUT2D eigenvalue weighted by molar-refractivity contribution is -0.143. The lowest BCUT2D eigenvalue weighted by atomic mass is 9.88. The monoisotopic (exact) mass is 325 g/mol. The molecule has 0 aromatic carbocycles. The average Bonchev–Trinajstić information content (AvgIpc) is 2.84. The number of rotatable bonds is 9. The third kappa shape index (κ3) is 5.98. The van der Waals surface area contributed by atoms with Crippen molar-refractivity contribution in [2.45, 2.75) is 71.4 Å². The lowest BCUT2D eigenvalue weighted by Gasteiger charge is -2.23. The molecule has 0 bridgehead atoms. The molecule has 0 aromatic rings. The fourth-order valence-corrected chi connectivity index (χ4v) is 3.30. The Hall–Kier alpha value is -1.36. The van der Waals surface area contributed by atoms with Gasteiger partial charge in [-0.25, -0.2) is 4.79 Å². The highest BCUT2D eigenvalue weighted by Crippen LogP contribution is 2.37. The van der Waals surface area contributed by atoms with Gasteiger partial charge < -0.3 is 15.5 Å². The van der Waals surface area contributed by atoms with Crippen molar-refractivity contribution in [1.29, 1.82) is 0 Å². The van der Waals surface area contributed by atoms with E-state index in [1.54, 1.807) is 0 Å². The number of carbonyl (C=O) groups is 2. The minimum absolute atomic E-state index is 0.0930. The maximum Gasteiger partial charge on any atom is 0.326 e. The summed E-state index contributed by atoms with van der Waals surface area (Å²) in [6.07, 6.45) is 8.06. The van der Waals surface area contributed by atoms with Crippen LogP contribution in [0.3, 0.4) is 0 Å². The number of aliphatic carboxylic acids is 1. The van der Waals surface area contributed by atoms with Gasteiger partial charge in [-0.3, -0.25) is 4.79 Å². The molecule has 1 rings (SSSR count). The molecule has 0 heterocycles. The van der Waals surface area contributed by atoms with Gasteiger partial charge in [0, 0.05) is 6.42 Å². The van der Waals surface area contributed by atoms with Crippen LogP contribution < -0.4 is 5.32 Å². The van der Waals surface area contributed by atoms with Crippen LogP contribution in [-0.4, -0.2) is 34.2 Å². The Morgan fingerprint density at radius 1 is 1.26 bits per heavy atom. The molecule has 0 aromatic heterocycles. The Bertz CT molecular complexity index is 421. The SMILES string of the molecule is CC/C=C/CC1C(O)CCC1CC(=O)NC(C(=O)O)C(C)CC. The Morgan fingerprint density at radius 3 is 2.52 bits per heavy atom. The van der Waals surface area contributed by atoms with E-state index in [4.69, 9.17) is 0 Å². The van der Waals surface area contributed by atoms with Gasteiger partial charge in [0.25, 0.3) is 0 Å². The fraction of sp³-hybridized carbons (Fsp3) is 0.778. The van der Waals surface area contributed by atoms with E-state index >= 15 is 0 Å². The molecule has 0 saturated heterocycles. The predicted molar refractivity (Wildman–Crippen MR) is 89.9 cm³/mol. The number of hydrogen-bond donors (Lipinski definition) is 3. The molecule has 23 heavy (non-hydrogen) atoms. The average molecular weight is 325 g/mol. The van der Waals surface area contributed by atoms with Crippen molar-refractivity contribution in [1.82, 2.24) is 5.32 Å². The first-order chi connectivity index (χ1) is 10.9. The number of carboxylic acids is 1. The van der Waals surface area contributed by atoms with Gasteiger partial charge in [0.15, 0.2) is 0 Å². The van der Waals surface area contributed by atoms with Crippen LogP contribution >= 0.6 is 0 Å². The third-order valence-electron chi connectivity index (χ3n) is 4.99. The molecule has 1 amide bonds. The predicted octanol–water partition coefficient (Wildman–Crippen LogP) is 2.74. The van der Waals surface area contributed by atoms with Crippen molar-refractivity contribution in [3.8, 4) is 0 Å². The Kier molecular flexibility index (Phi) is 8.31. The number of hydrogen-bond acceptors (Lipinski definition) is 3. The van der Waals surface area contributed by atoms with Crippen LogP contribution in [0.15, 0.2) is 12.2 Å². The fourth-order valence-electron chi connectivity index (χ4n) is 3.30. The lowest BCUT2D eigenvalue weighted by Crippen LogP contribution is -2.45. The highest BCUT2D eigenvalue weighted by Gasteiger charge is 2.36. The van der Waals surface area contributed by atoms with Crippen LogP contribution in [0, 0.1) is 17.8 Å². The van der Waals surface area contributed by atoms with Crippen LogP contribution in [0.25, 0.3) is 0 Å². The number of allylic oxidation sites excluding steroid dienone is 2. The van der Waals surface area contributed by atoms with E-state index in [0.29, 0.717) is 12.8 Å². The van der Waals surface area contributed by atoms with E-state index in [0.717, 1.165) is 25.7 Å². The van der Waals surface area contributed by atoms with Crippen LogP contribution in [0.5, 0.6) is 0 Å². The highest BCUT2D eigenvalue weighted by molar-refractivity contribution is 5.83. The summed E-state index contributed by atoms with van der Waals surface area (Å²) in [5.41, 5.74) is 0. The molecule has 5 unspecified atom stereocenters. The molecular formula is C18H31NO4. The van der Waals surface area contributed by atoms with Crippen LogP contribution in [0.2, 0.25) is 0 Å². The summed E-state index contributed by atoms with van der Waals surface area (Å²) >= 11 is 0. The van der Waals surface area contributed by atoms with Gasteiger partial charge in [-0.05, 0) is 43.4 Å². The summed E-state index contributed by atoms with van der Waals surface area (Å²) in [4.78, 5) is 23.5. The molecule has 5 atom stereocenters. The molecule has 132 valence electrons. The Morgan fingerprint density at radius 2 is 1.96 bits per heavy atom. The van der Waals surface area contributed by atoms with E-state index < -0.39 is 12.0 Å². The molecule has 1 aliphatic rings. The number of carbonyl (C=O) groups excluding carboxylic acids is 1. The topological polar surface area (TPSA) is 86.6 Å². The number of amides is 1. The Labute approximate surface area is 139 Å². The molecule has 1 aliphatic carbocycles. The van der Waals surface area contributed by atoms with Gasteiger partial charge >= 0.3 is 5.97 Å².